The Bertz CT molecular complexity index is 2690. The lowest BCUT2D eigenvalue weighted by molar-refractivity contribution is -0.376. The van der Waals surface area contributed by atoms with Crippen LogP contribution in [0, 0.1) is 0 Å². The maximum atomic E-state index is 12.5. The molecule has 398 valence electrons. The van der Waals surface area contributed by atoms with Gasteiger partial charge in [-0.2, -0.15) is 0 Å². The van der Waals surface area contributed by atoms with Crippen LogP contribution in [-0.4, -0.2) is 94.0 Å². The summed E-state index contributed by atoms with van der Waals surface area (Å²) in [6.07, 6.45) is -9.88. The van der Waals surface area contributed by atoms with Gasteiger partial charge >= 0.3 is 0 Å². The van der Waals surface area contributed by atoms with Gasteiger partial charge in [0.05, 0.1) is 73.7 Å². The second-order valence-corrected chi connectivity index (χ2v) is 18.7. The average molecular weight is 1030 g/mol. The van der Waals surface area contributed by atoms with Crippen LogP contribution in [-0.2, 0) is 93.6 Å². The van der Waals surface area contributed by atoms with Gasteiger partial charge in [0.2, 0.25) is 0 Å². The van der Waals surface area contributed by atoms with Crippen LogP contribution in [0.4, 0.5) is 0 Å². The molecule has 76 heavy (non-hydrogen) atoms. The number of aliphatic hydroxyl groups excluding tert-OH is 1. The highest BCUT2D eigenvalue weighted by atomic mass is 16.8. The topological polar surface area (TPSA) is 131 Å². The van der Waals surface area contributed by atoms with Crippen LogP contribution in [0.15, 0.2) is 200 Å². The number of benzene rings is 7. The molecule has 9 rings (SSSR count). The Morgan fingerprint density at radius 1 is 0.329 bits per heavy atom. The molecule has 0 spiro atoms. The van der Waals surface area contributed by atoms with Gasteiger partial charge in [-0.05, 0) is 63.2 Å². The highest BCUT2D eigenvalue weighted by Crippen LogP contribution is 2.36. The number of methoxy groups -OCH3 is 2. The number of rotatable bonds is 27. The van der Waals surface area contributed by atoms with Crippen molar-refractivity contribution in [1.29, 1.82) is 0 Å². The molecule has 7 aromatic rings. The molecule has 13 nitrogen and oxygen atoms in total. The molecule has 2 heterocycles. The van der Waals surface area contributed by atoms with Crippen molar-refractivity contribution < 1.29 is 61.9 Å². The van der Waals surface area contributed by atoms with Crippen molar-refractivity contribution >= 4 is 0 Å². The van der Waals surface area contributed by atoms with Gasteiger partial charge in [-0.15, -0.1) is 0 Å². The Morgan fingerprint density at radius 3 is 1.08 bits per heavy atom. The Hall–Kier alpha value is -6.30. The van der Waals surface area contributed by atoms with Crippen molar-refractivity contribution in [3.63, 3.8) is 0 Å². The molecule has 7 aromatic carbocycles. The molecule has 0 aliphatic carbocycles. The number of ether oxygens (including phenoxy) is 12. The van der Waals surface area contributed by atoms with Gasteiger partial charge in [-0.1, -0.05) is 176 Å². The number of hydrogen-bond donors (Lipinski definition) is 1. The van der Waals surface area contributed by atoms with Crippen molar-refractivity contribution in [1.82, 2.24) is 0 Å². The summed E-state index contributed by atoms with van der Waals surface area (Å²) >= 11 is 0. The smallest absolute Gasteiger partial charge is 0.187 e. The van der Waals surface area contributed by atoms with Crippen molar-refractivity contribution in [2.24, 2.45) is 0 Å². The normalized spacial score (nSPS) is 23.5. The minimum atomic E-state index is -1.23. The van der Waals surface area contributed by atoms with Crippen LogP contribution in [0.2, 0.25) is 0 Å². The second kappa shape index (κ2) is 28.7. The van der Waals surface area contributed by atoms with E-state index in [4.69, 9.17) is 56.8 Å². The molecular formula is C63H68O13. The van der Waals surface area contributed by atoms with Gasteiger partial charge in [0.1, 0.15) is 60.3 Å². The van der Waals surface area contributed by atoms with Crippen LogP contribution >= 0.6 is 0 Å². The summed E-state index contributed by atoms with van der Waals surface area (Å²) in [6.45, 7) is 1.53. The first-order valence-corrected chi connectivity index (χ1v) is 25.8. The predicted octanol–water partition coefficient (Wildman–Crippen LogP) is 10.2. The average Bonchev–Trinajstić information content (AvgIpc) is 3.49. The van der Waals surface area contributed by atoms with Crippen molar-refractivity contribution in [2.45, 2.75) is 108 Å². The molecule has 0 radical (unpaired) electrons. The fraction of sp³-hybridized carbons (Fsp3) is 0.333. The maximum absolute atomic E-state index is 12.5. The van der Waals surface area contributed by atoms with Crippen LogP contribution in [0.25, 0.3) is 0 Å². The van der Waals surface area contributed by atoms with E-state index in [1.807, 2.05) is 200 Å². The summed E-state index contributed by atoms with van der Waals surface area (Å²) in [4.78, 5) is 0. The third-order valence-electron chi connectivity index (χ3n) is 13.3. The van der Waals surface area contributed by atoms with E-state index >= 15 is 0 Å². The van der Waals surface area contributed by atoms with E-state index in [1.54, 1.807) is 14.2 Å². The van der Waals surface area contributed by atoms with E-state index in [0.29, 0.717) is 18.1 Å². The Morgan fingerprint density at radius 2 is 0.658 bits per heavy atom. The predicted molar refractivity (Wildman–Crippen MR) is 285 cm³/mol. The van der Waals surface area contributed by atoms with Crippen LogP contribution in [0.3, 0.4) is 0 Å². The minimum Gasteiger partial charge on any atom is -0.497 e. The molecule has 0 bridgehead atoms. The van der Waals surface area contributed by atoms with Gasteiger partial charge in [-0.25, -0.2) is 0 Å². The molecular weight excluding hydrogens is 965 g/mol. The Balaban J connectivity index is 1.10. The first-order chi connectivity index (χ1) is 37.5. The summed E-state index contributed by atoms with van der Waals surface area (Å²) in [5, 5.41) is 12.5. The number of aliphatic hydroxyl groups is 1. The standard InChI is InChI=1S/C63H68O13/c1-65-52-32-28-50(29-33-52)40-69-58-56(64)54(43-67-36-45-18-8-3-9-19-45)74-63(60(58)71-41-51-30-34-53(66-2)35-31-51)76-57-55(44-68-37-46-20-10-4-11-21-46)75-62(73-42-49-26-16-7-17-27-49)61(72-39-48-24-14-6-15-25-48)59(57)70-38-47-22-12-5-13-23-47/h3-35,54-64H,36-44H2,1-2H3/t54-,55-,56+,57-,58+,59+,60-,61-,62+,63+/m1/s1. The lowest BCUT2D eigenvalue weighted by atomic mass is 9.96. The first-order valence-electron chi connectivity index (χ1n) is 25.8. The summed E-state index contributed by atoms with van der Waals surface area (Å²) in [5.41, 5.74) is 6.50. The molecule has 0 unspecified atom stereocenters. The zero-order chi connectivity index (χ0) is 52.2. The van der Waals surface area contributed by atoms with Crippen LogP contribution in [0.1, 0.15) is 38.9 Å². The van der Waals surface area contributed by atoms with Crippen LogP contribution in [0.5, 0.6) is 11.5 Å². The van der Waals surface area contributed by atoms with E-state index in [1.165, 1.54) is 0 Å². The Labute approximate surface area is 446 Å². The monoisotopic (exact) mass is 1030 g/mol. The quantitative estimate of drug-likeness (QED) is 0.0525. The van der Waals surface area contributed by atoms with Gasteiger partial charge in [-0.3, -0.25) is 0 Å². The van der Waals surface area contributed by atoms with Crippen LogP contribution < -0.4 is 9.47 Å². The summed E-state index contributed by atoms with van der Waals surface area (Å²) in [7, 11) is 3.25. The second-order valence-electron chi connectivity index (χ2n) is 18.7. The number of hydrogen-bond acceptors (Lipinski definition) is 13. The SMILES string of the molecule is COc1ccc(CO[C@H]2[C@H](O[C@H]3[C@H](OCc4ccccc4)[C@@H](OCc4ccccc4)[C@@H](OCc4ccccc4)O[C@@H]3COCc3ccccc3)O[C@H](COCc3ccccc3)[C@H](O)[C@@H]2OCc2ccc(OC)cc2)cc1. The molecule has 2 saturated heterocycles. The zero-order valence-electron chi connectivity index (χ0n) is 43.0. The maximum Gasteiger partial charge on any atom is 0.187 e. The molecule has 2 aliphatic rings. The van der Waals surface area contributed by atoms with Crippen molar-refractivity contribution in [3.8, 4) is 11.5 Å². The van der Waals surface area contributed by atoms with E-state index in [0.717, 1.165) is 38.9 Å². The fourth-order valence-corrected chi connectivity index (χ4v) is 9.19. The summed E-state index contributed by atoms with van der Waals surface area (Å²) in [5.74, 6) is 1.41. The highest BCUT2D eigenvalue weighted by Gasteiger charge is 2.54. The Kier molecular flexibility index (Phi) is 20.6. The van der Waals surface area contributed by atoms with E-state index in [-0.39, 0.29) is 52.9 Å². The van der Waals surface area contributed by atoms with E-state index in [9.17, 15) is 5.11 Å². The molecule has 10 atom stereocenters. The molecule has 0 aromatic heterocycles. The third-order valence-corrected chi connectivity index (χ3v) is 13.3. The molecule has 2 aliphatic heterocycles. The zero-order valence-corrected chi connectivity index (χ0v) is 43.0. The van der Waals surface area contributed by atoms with E-state index < -0.39 is 61.4 Å². The first kappa shape index (κ1) is 54.5. The largest absolute Gasteiger partial charge is 0.497 e. The molecule has 0 amide bonds. The van der Waals surface area contributed by atoms with Crippen molar-refractivity contribution in [3.05, 3.63) is 239 Å². The molecule has 2 fully saturated rings. The molecule has 0 saturated carbocycles. The van der Waals surface area contributed by atoms with Gasteiger partial charge in [0.15, 0.2) is 12.6 Å². The minimum absolute atomic E-state index is 0.000443. The summed E-state index contributed by atoms with van der Waals surface area (Å²) < 4.78 is 79.8. The third kappa shape index (κ3) is 15.7. The van der Waals surface area contributed by atoms with Crippen molar-refractivity contribution in [2.75, 3.05) is 27.4 Å². The van der Waals surface area contributed by atoms with Gasteiger partial charge < -0.3 is 61.9 Å². The lowest BCUT2D eigenvalue weighted by Gasteiger charge is -2.49. The van der Waals surface area contributed by atoms with Gasteiger partial charge in [0, 0.05) is 0 Å². The van der Waals surface area contributed by atoms with E-state index in [2.05, 4.69) is 0 Å². The van der Waals surface area contributed by atoms with Gasteiger partial charge in [0.25, 0.3) is 0 Å². The lowest BCUT2D eigenvalue weighted by Crippen LogP contribution is -2.66. The fourth-order valence-electron chi connectivity index (χ4n) is 9.19. The molecule has 1 N–H and O–H groups in total. The summed E-state index contributed by atoms with van der Waals surface area (Å²) in [6, 6.07) is 64.8. The highest BCUT2D eigenvalue weighted by molar-refractivity contribution is 5.28. The molecule has 13 heteroatoms.